The number of nitrogens with one attached hydrogen (secondary N) is 1. The summed E-state index contributed by atoms with van der Waals surface area (Å²) < 4.78 is 32.7. The number of rotatable bonds is 6. The maximum absolute atomic E-state index is 12.3. The van der Waals surface area contributed by atoms with E-state index in [1.165, 1.54) is 0 Å². The Morgan fingerprint density at radius 1 is 1.19 bits per heavy atom. The van der Waals surface area contributed by atoms with Crippen molar-refractivity contribution in [1.29, 1.82) is 0 Å². The molecule has 0 aromatic heterocycles. The van der Waals surface area contributed by atoms with Crippen LogP contribution in [0.2, 0.25) is 0 Å². The van der Waals surface area contributed by atoms with E-state index < -0.39 is 10.0 Å². The van der Waals surface area contributed by atoms with Crippen LogP contribution in [0.3, 0.4) is 0 Å². The van der Waals surface area contributed by atoms with Crippen molar-refractivity contribution in [2.24, 2.45) is 4.99 Å². The first kappa shape index (κ1) is 23.1. The summed E-state index contributed by atoms with van der Waals surface area (Å²) in [6.45, 7) is 1.53. The van der Waals surface area contributed by atoms with E-state index in [9.17, 15) is 8.42 Å². The van der Waals surface area contributed by atoms with Crippen LogP contribution in [0.25, 0.3) is 0 Å². The van der Waals surface area contributed by atoms with Crippen molar-refractivity contribution in [3.05, 3.63) is 29.8 Å². The van der Waals surface area contributed by atoms with Gasteiger partial charge in [-0.1, -0.05) is 12.1 Å². The van der Waals surface area contributed by atoms with E-state index in [0.717, 1.165) is 24.4 Å². The minimum absolute atomic E-state index is 0. The third-order valence-corrected chi connectivity index (χ3v) is 5.40. The molecule has 1 N–H and O–H groups in total. The number of hydrogen-bond acceptors (Lipinski definition) is 4. The zero-order valence-corrected chi connectivity index (χ0v) is 19.0. The number of nitrogens with zero attached hydrogens (tertiary/aromatic N) is 3. The summed E-state index contributed by atoms with van der Waals surface area (Å²) in [5.41, 5.74) is 0.958. The van der Waals surface area contributed by atoms with E-state index in [4.69, 9.17) is 4.74 Å². The second-order valence-corrected chi connectivity index (χ2v) is 8.30. The molecule has 1 heterocycles. The molecule has 1 fully saturated rings. The summed E-state index contributed by atoms with van der Waals surface area (Å²) in [5.74, 6) is 0.856. The Hall–Kier alpha value is -0.910. The Balaban J connectivity index is 0.00000338. The third-order valence-electron chi connectivity index (χ3n) is 3.96. The molecule has 1 aromatic rings. The third kappa shape index (κ3) is 6.67. The Morgan fingerprint density at radius 3 is 2.31 bits per heavy atom. The number of halogens is 1. The van der Waals surface area contributed by atoms with Crippen LogP contribution in [0.1, 0.15) is 18.4 Å². The normalized spacial score (nSPS) is 16.7. The first-order valence-corrected chi connectivity index (χ1v) is 9.87. The fourth-order valence-electron chi connectivity index (χ4n) is 2.71. The smallest absolute Gasteiger partial charge is 0.240 e. The van der Waals surface area contributed by atoms with Gasteiger partial charge in [-0.15, -0.1) is 24.0 Å². The highest BCUT2D eigenvalue weighted by molar-refractivity contribution is 14.0. The lowest BCUT2D eigenvalue weighted by atomic mass is 10.2. The lowest BCUT2D eigenvalue weighted by Gasteiger charge is -2.22. The van der Waals surface area contributed by atoms with Crippen molar-refractivity contribution in [3.8, 4) is 0 Å². The Bertz CT molecular complexity index is 674. The molecule has 148 valence electrons. The molecular formula is C17H29IN4O3S. The highest BCUT2D eigenvalue weighted by atomic mass is 127. The summed E-state index contributed by atoms with van der Waals surface area (Å²) in [4.78, 5) is 8.70. The molecule has 0 radical (unpaired) electrons. The van der Waals surface area contributed by atoms with Gasteiger partial charge in [0.25, 0.3) is 0 Å². The van der Waals surface area contributed by atoms with Crippen LogP contribution in [0.15, 0.2) is 34.2 Å². The number of benzene rings is 1. The van der Waals surface area contributed by atoms with Gasteiger partial charge >= 0.3 is 0 Å². The predicted octanol–water partition coefficient (Wildman–Crippen LogP) is 1.74. The van der Waals surface area contributed by atoms with Gasteiger partial charge in [-0.2, -0.15) is 0 Å². The second kappa shape index (κ2) is 10.4. The molecule has 1 saturated heterocycles. The second-order valence-electron chi connectivity index (χ2n) is 6.54. The van der Waals surface area contributed by atoms with Crippen LogP contribution in [-0.4, -0.2) is 71.6 Å². The van der Waals surface area contributed by atoms with E-state index in [-0.39, 0.29) is 35.0 Å². The lowest BCUT2D eigenvalue weighted by molar-refractivity contribution is 0.114. The van der Waals surface area contributed by atoms with Crippen molar-refractivity contribution >= 4 is 40.0 Å². The molecule has 1 aliphatic heterocycles. The van der Waals surface area contributed by atoms with Crippen LogP contribution in [0, 0.1) is 0 Å². The van der Waals surface area contributed by atoms with Gasteiger partial charge in [-0.05, 0) is 30.5 Å². The van der Waals surface area contributed by atoms with Crippen molar-refractivity contribution in [3.63, 3.8) is 0 Å². The van der Waals surface area contributed by atoms with E-state index >= 15 is 0 Å². The largest absolute Gasteiger partial charge is 0.377 e. The van der Waals surface area contributed by atoms with Crippen molar-refractivity contribution in [2.75, 3.05) is 41.3 Å². The summed E-state index contributed by atoms with van der Waals surface area (Å²) >= 11 is 0. The van der Waals surface area contributed by atoms with Crippen LogP contribution in [0.4, 0.5) is 0 Å². The molecule has 1 aliphatic rings. The minimum atomic E-state index is -3.50. The van der Waals surface area contributed by atoms with Gasteiger partial charge in [0.2, 0.25) is 10.0 Å². The molecule has 1 atom stereocenters. The Morgan fingerprint density at radius 2 is 1.81 bits per heavy atom. The molecular weight excluding hydrogens is 467 g/mol. The Kier molecular flexibility index (Phi) is 9.28. The first-order valence-electron chi connectivity index (χ1n) is 8.39. The number of aliphatic imine (C=N–C) groups is 1. The van der Waals surface area contributed by atoms with Crippen molar-refractivity contribution < 1.29 is 13.2 Å². The van der Waals surface area contributed by atoms with E-state index in [0.29, 0.717) is 19.7 Å². The topological polar surface area (TPSA) is 74.2 Å². The van der Waals surface area contributed by atoms with Gasteiger partial charge < -0.3 is 14.5 Å². The summed E-state index contributed by atoms with van der Waals surface area (Å²) in [6, 6.07) is 6.83. The molecule has 0 saturated carbocycles. The minimum Gasteiger partial charge on any atom is -0.377 e. The molecule has 0 aliphatic carbocycles. The molecule has 0 spiro atoms. The maximum atomic E-state index is 12.3. The van der Waals surface area contributed by atoms with Gasteiger partial charge in [-0.3, -0.25) is 0 Å². The predicted molar refractivity (Wildman–Crippen MR) is 115 cm³/mol. The van der Waals surface area contributed by atoms with E-state index in [1.807, 2.05) is 38.0 Å². The number of hydrogen-bond donors (Lipinski definition) is 1. The molecule has 0 bridgehead atoms. The number of guanidine groups is 1. The van der Waals surface area contributed by atoms with Crippen LogP contribution in [-0.2, 0) is 21.3 Å². The Labute approximate surface area is 173 Å². The standard InChI is InChI=1S/C17H28N4O3S.HI/c1-20(2)17(21(3)4)18-12-14-7-9-16(10-8-14)25(22,23)19-13-15-6-5-11-24-15;/h7-10,15,19H,5-6,11-13H2,1-4H3;1H. The molecule has 9 heteroatoms. The van der Waals surface area contributed by atoms with Gasteiger partial charge in [0.1, 0.15) is 0 Å². The average molecular weight is 496 g/mol. The van der Waals surface area contributed by atoms with Gasteiger partial charge in [0, 0.05) is 41.3 Å². The average Bonchev–Trinajstić information content (AvgIpc) is 3.06. The molecule has 1 aromatic carbocycles. The molecule has 7 nitrogen and oxygen atoms in total. The molecule has 2 rings (SSSR count). The van der Waals surface area contributed by atoms with Crippen LogP contribution in [0.5, 0.6) is 0 Å². The van der Waals surface area contributed by atoms with E-state index in [2.05, 4.69) is 9.71 Å². The zero-order valence-electron chi connectivity index (χ0n) is 15.8. The highest BCUT2D eigenvalue weighted by Crippen LogP contribution is 2.14. The van der Waals surface area contributed by atoms with E-state index in [1.54, 1.807) is 24.3 Å². The summed E-state index contributed by atoms with van der Waals surface area (Å²) in [5, 5.41) is 0. The first-order chi connectivity index (χ1) is 11.8. The fourth-order valence-corrected chi connectivity index (χ4v) is 3.78. The van der Waals surface area contributed by atoms with Gasteiger partial charge in [0.15, 0.2) is 5.96 Å². The number of sulfonamides is 1. The van der Waals surface area contributed by atoms with Gasteiger partial charge in [0.05, 0.1) is 17.5 Å². The van der Waals surface area contributed by atoms with Crippen molar-refractivity contribution in [1.82, 2.24) is 14.5 Å². The fraction of sp³-hybridized carbons (Fsp3) is 0.588. The maximum Gasteiger partial charge on any atom is 0.240 e. The molecule has 26 heavy (non-hydrogen) atoms. The molecule has 0 amide bonds. The van der Waals surface area contributed by atoms with Crippen molar-refractivity contribution in [2.45, 2.75) is 30.4 Å². The van der Waals surface area contributed by atoms with Gasteiger partial charge in [-0.25, -0.2) is 18.1 Å². The zero-order chi connectivity index (χ0) is 18.4. The number of ether oxygens (including phenoxy) is 1. The summed E-state index contributed by atoms with van der Waals surface area (Å²) in [6.07, 6.45) is 1.88. The monoisotopic (exact) mass is 496 g/mol. The lowest BCUT2D eigenvalue weighted by Crippen LogP contribution is -2.35. The SMILES string of the molecule is CN(C)C(=NCc1ccc(S(=O)(=O)NCC2CCCO2)cc1)N(C)C.I. The quantitative estimate of drug-likeness (QED) is 0.369. The summed E-state index contributed by atoms with van der Waals surface area (Å²) in [7, 11) is 4.25. The highest BCUT2D eigenvalue weighted by Gasteiger charge is 2.20. The molecule has 1 unspecified atom stereocenters. The van der Waals surface area contributed by atoms with Crippen LogP contribution >= 0.6 is 24.0 Å². The van der Waals surface area contributed by atoms with Crippen LogP contribution < -0.4 is 4.72 Å².